The van der Waals surface area contributed by atoms with Crippen molar-refractivity contribution in [2.45, 2.75) is 0 Å². The Bertz CT molecular complexity index is 533. The third-order valence-corrected chi connectivity index (χ3v) is 2.19. The Morgan fingerprint density at radius 1 is 1.44 bits per heavy atom. The van der Waals surface area contributed by atoms with Crippen LogP contribution in [-0.2, 0) is 9.53 Å². The number of benzene rings is 1. The molecule has 0 bridgehead atoms. The fourth-order valence-corrected chi connectivity index (χ4v) is 1.42. The SMILES string of the molecule is [N-]=[N+]=CC(=O)OC/C=C/c1ccc2c(c1)OCO2. The minimum absolute atomic E-state index is 0.0965. The minimum atomic E-state index is -0.701. The largest absolute Gasteiger partial charge is 0.454 e. The van der Waals surface area contributed by atoms with Gasteiger partial charge in [0.2, 0.25) is 6.79 Å². The molecule has 6 nitrogen and oxygen atoms in total. The van der Waals surface area contributed by atoms with E-state index in [2.05, 4.69) is 4.79 Å². The fraction of sp³-hybridized carbons (Fsp3) is 0.167. The van der Waals surface area contributed by atoms with Gasteiger partial charge in [-0.05, 0) is 23.8 Å². The van der Waals surface area contributed by atoms with Crippen molar-refractivity contribution >= 4 is 18.3 Å². The highest BCUT2D eigenvalue weighted by atomic mass is 16.7. The molecule has 6 heteroatoms. The Kier molecular flexibility index (Phi) is 3.73. The number of carbonyl (C=O) groups is 1. The second-order valence-electron chi connectivity index (χ2n) is 3.39. The maximum Gasteiger partial charge on any atom is 0.413 e. The predicted molar refractivity (Wildman–Crippen MR) is 62.2 cm³/mol. The minimum Gasteiger partial charge on any atom is -0.454 e. The molecule has 92 valence electrons. The molecule has 0 N–H and O–H groups in total. The molecule has 0 fully saturated rings. The molecule has 0 aliphatic carbocycles. The third kappa shape index (κ3) is 2.96. The summed E-state index contributed by atoms with van der Waals surface area (Å²) in [7, 11) is 0. The van der Waals surface area contributed by atoms with E-state index in [-0.39, 0.29) is 13.4 Å². The van der Waals surface area contributed by atoms with Crippen LogP contribution in [0.4, 0.5) is 0 Å². The van der Waals surface area contributed by atoms with Crippen LogP contribution in [-0.4, -0.2) is 30.4 Å². The first kappa shape index (κ1) is 11.9. The highest BCUT2D eigenvalue weighted by Gasteiger charge is 2.12. The number of hydrogen-bond donors (Lipinski definition) is 0. The standard InChI is InChI=1S/C12H10N2O4/c13-14-7-12(15)16-5-1-2-9-3-4-10-11(6-9)18-8-17-10/h1-4,6-7H,5,8H2/b2-1+. The monoisotopic (exact) mass is 246 g/mol. The van der Waals surface area contributed by atoms with E-state index >= 15 is 0 Å². The van der Waals surface area contributed by atoms with Crippen LogP contribution in [0.5, 0.6) is 11.5 Å². The van der Waals surface area contributed by atoms with Gasteiger partial charge in [0.15, 0.2) is 11.5 Å². The summed E-state index contributed by atoms with van der Waals surface area (Å²) in [4.78, 5) is 13.4. The molecule has 1 heterocycles. The predicted octanol–water partition coefficient (Wildman–Crippen LogP) is 1.27. The van der Waals surface area contributed by atoms with Crippen LogP contribution in [0.2, 0.25) is 0 Å². The van der Waals surface area contributed by atoms with Gasteiger partial charge in [0, 0.05) is 0 Å². The lowest BCUT2D eigenvalue weighted by Crippen LogP contribution is -2.05. The Hall–Kier alpha value is -2.59. The van der Waals surface area contributed by atoms with Crippen molar-refractivity contribution < 1.29 is 23.8 Å². The Morgan fingerprint density at radius 2 is 2.28 bits per heavy atom. The van der Waals surface area contributed by atoms with Crippen LogP contribution in [0.25, 0.3) is 11.6 Å². The number of hydrogen-bond acceptors (Lipinski definition) is 4. The zero-order valence-corrected chi connectivity index (χ0v) is 9.41. The highest BCUT2D eigenvalue weighted by Crippen LogP contribution is 2.32. The van der Waals surface area contributed by atoms with E-state index in [1.807, 2.05) is 18.2 Å². The van der Waals surface area contributed by atoms with Crippen molar-refractivity contribution in [1.29, 1.82) is 0 Å². The fourth-order valence-electron chi connectivity index (χ4n) is 1.42. The average molecular weight is 246 g/mol. The molecule has 18 heavy (non-hydrogen) atoms. The second-order valence-corrected chi connectivity index (χ2v) is 3.39. The summed E-state index contributed by atoms with van der Waals surface area (Å²) in [5.74, 6) is 0.715. The van der Waals surface area contributed by atoms with Crippen LogP contribution in [0.1, 0.15) is 5.56 Å². The molecule has 2 rings (SSSR count). The third-order valence-electron chi connectivity index (χ3n) is 2.19. The lowest BCUT2D eigenvalue weighted by molar-refractivity contribution is -0.137. The van der Waals surface area contributed by atoms with Gasteiger partial charge in [-0.2, -0.15) is 4.79 Å². The number of carbonyl (C=O) groups excluding carboxylic acids is 1. The molecule has 0 unspecified atom stereocenters. The second kappa shape index (κ2) is 5.65. The normalized spacial score (nSPS) is 12.2. The van der Waals surface area contributed by atoms with E-state index in [9.17, 15) is 4.79 Å². The van der Waals surface area contributed by atoms with Crippen LogP contribution in [0.15, 0.2) is 24.3 Å². The van der Waals surface area contributed by atoms with Gasteiger partial charge in [-0.25, -0.2) is 4.79 Å². The maximum atomic E-state index is 10.8. The van der Waals surface area contributed by atoms with E-state index in [0.717, 1.165) is 11.3 Å². The van der Waals surface area contributed by atoms with E-state index in [0.29, 0.717) is 12.0 Å². The molecule has 0 aromatic heterocycles. The summed E-state index contributed by atoms with van der Waals surface area (Å²) >= 11 is 0. The van der Waals surface area contributed by atoms with Gasteiger partial charge >= 0.3 is 12.2 Å². The molecule has 0 spiro atoms. The number of rotatable bonds is 4. The summed E-state index contributed by atoms with van der Waals surface area (Å²) in [6.45, 7) is 0.333. The zero-order chi connectivity index (χ0) is 12.8. The van der Waals surface area contributed by atoms with Crippen molar-refractivity contribution in [3.05, 3.63) is 35.4 Å². The van der Waals surface area contributed by atoms with Gasteiger partial charge in [0.05, 0.1) is 0 Å². The number of nitrogens with zero attached hydrogens (tertiary/aromatic N) is 2. The zero-order valence-electron chi connectivity index (χ0n) is 9.41. The lowest BCUT2D eigenvalue weighted by atomic mass is 10.2. The first-order valence-corrected chi connectivity index (χ1v) is 5.20. The molecular weight excluding hydrogens is 236 g/mol. The summed E-state index contributed by atoms with van der Waals surface area (Å²) < 4.78 is 15.1. The smallest absolute Gasteiger partial charge is 0.413 e. The molecule has 1 aromatic carbocycles. The topological polar surface area (TPSA) is 81.2 Å². The van der Waals surface area contributed by atoms with Gasteiger partial charge in [0.25, 0.3) is 0 Å². The maximum absolute atomic E-state index is 10.8. The molecule has 1 aliphatic rings. The van der Waals surface area contributed by atoms with Crippen molar-refractivity contribution in [1.82, 2.24) is 0 Å². The Morgan fingerprint density at radius 3 is 3.11 bits per heavy atom. The molecule has 0 amide bonds. The summed E-state index contributed by atoms with van der Waals surface area (Å²) in [5, 5.41) is 0. The molecular formula is C12H10N2O4. The lowest BCUT2D eigenvalue weighted by Gasteiger charge is -1.97. The summed E-state index contributed by atoms with van der Waals surface area (Å²) in [6, 6.07) is 5.50. The molecule has 0 atom stereocenters. The highest BCUT2D eigenvalue weighted by molar-refractivity contribution is 6.20. The molecule has 1 aliphatic heterocycles. The first-order valence-electron chi connectivity index (χ1n) is 5.20. The van der Waals surface area contributed by atoms with Crippen LogP contribution in [0.3, 0.4) is 0 Å². The molecule has 0 saturated heterocycles. The molecule has 0 saturated carbocycles. The van der Waals surface area contributed by atoms with E-state index in [1.54, 1.807) is 12.2 Å². The molecule has 1 aromatic rings. The van der Waals surface area contributed by atoms with Gasteiger partial charge in [0.1, 0.15) is 6.61 Å². The van der Waals surface area contributed by atoms with Crippen molar-refractivity contribution in [3.8, 4) is 11.5 Å². The summed E-state index contributed by atoms with van der Waals surface area (Å²) in [6.07, 6.45) is 4.14. The van der Waals surface area contributed by atoms with Gasteiger partial charge in [-0.15, -0.1) is 0 Å². The van der Waals surface area contributed by atoms with Crippen LogP contribution in [0, 0.1) is 0 Å². The van der Waals surface area contributed by atoms with Crippen molar-refractivity contribution in [2.24, 2.45) is 0 Å². The van der Waals surface area contributed by atoms with E-state index < -0.39 is 5.97 Å². The first-order chi connectivity index (χ1) is 8.79. The molecule has 0 radical (unpaired) electrons. The number of fused-ring (bicyclic) bond motifs is 1. The number of esters is 1. The van der Waals surface area contributed by atoms with Gasteiger partial charge in [-0.3, -0.25) is 0 Å². The van der Waals surface area contributed by atoms with Crippen LogP contribution >= 0.6 is 0 Å². The van der Waals surface area contributed by atoms with Crippen LogP contribution < -0.4 is 9.47 Å². The van der Waals surface area contributed by atoms with E-state index in [1.165, 1.54) is 0 Å². The quantitative estimate of drug-likeness (QED) is 0.347. The van der Waals surface area contributed by atoms with Gasteiger partial charge in [-0.1, -0.05) is 12.1 Å². The van der Waals surface area contributed by atoms with Crippen molar-refractivity contribution in [2.75, 3.05) is 13.4 Å². The Balaban J connectivity index is 1.89. The van der Waals surface area contributed by atoms with Crippen molar-refractivity contribution in [3.63, 3.8) is 0 Å². The summed E-state index contributed by atoms with van der Waals surface area (Å²) in [5.41, 5.74) is 8.99. The van der Waals surface area contributed by atoms with E-state index in [4.69, 9.17) is 19.7 Å². The number of ether oxygens (including phenoxy) is 3. The Labute approximate surface area is 103 Å². The van der Waals surface area contributed by atoms with Gasteiger partial charge < -0.3 is 19.7 Å². The average Bonchev–Trinajstić information content (AvgIpc) is 2.82.